The monoisotopic (exact) mass is 517 g/mol. The third kappa shape index (κ3) is 4.68. The molecule has 3 heterocycles. The van der Waals surface area contributed by atoms with Gasteiger partial charge in [0.05, 0.1) is 21.7 Å². The fraction of sp³-hybridized carbons (Fsp3) is 0.261. The third-order valence-electron chi connectivity index (χ3n) is 5.86. The zero-order chi connectivity index (χ0) is 24.6. The SMILES string of the molecule is O=C(C1CCCN1S(=O)(=O)c1ccc(F)cc1)N(CCn1cccn1)c1nc2ccc(F)cc2s1. The Morgan fingerprint density at radius 2 is 1.91 bits per heavy atom. The Labute approximate surface area is 204 Å². The summed E-state index contributed by atoms with van der Waals surface area (Å²) in [7, 11) is -4.02. The molecule has 12 heteroatoms. The van der Waals surface area contributed by atoms with Gasteiger partial charge in [0, 0.05) is 25.5 Å². The average molecular weight is 518 g/mol. The van der Waals surface area contributed by atoms with Gasteiger partial charge in [-0.3, -0.25) is 14.4 Å². The van der Waals surface area contributed by atoms with Crippen LogP contribution in [-0.4, -0.2) is 52.5 Å². The summed E-state index contributed by atoms with van der Waals surface area (Å²) in [5.41, 5.74) is 0.547. The number of carbonyl (C=O) groups excluding carboxylic acids is 1. The van der Waals surface area contributed by atoms with Crippen LogP contribution >= 0.6 is 11.3 Å². The molecule has 0 saturated carbocycles. The van der Waals surface area contributed by atoms with Gasteiger partial charge in [-0.05, 0) is 61.4 Å². The Hall–Kier alpha value is -3.22. The van der Waals surface area contributed by atoms with Crippen LogP contribution in [0.5, 0.6) is 0 Å². The van der Waals surface area contributed by atoms with Crippen LogP contribution in [-0.2, 0) is 21.4 Å². The number of thiazole rings is 1. The van der Waals surface area contributed by atoms with E-state index in [1.165, 1.54) is 44.8 Å². The van der Waals surface area contributed by atoms with Gasteiger partial charge in [-0.2, -0.15) is 9.40 Å². The Balaban J connectivity index is 1.48. The van der Waals surface area contributed by atoms with Crippen LogP contribution in [0.2, 0.25) is 0 Å². The van der Waals surface area contributed by atoms with E-state index in [1.54, 1.807) is 29.2 Å². The topological polar surface area (TPSA) is 88.4 Å². The molecule has 1 aliphatic rings. The average Bonchev–Trinajstić information content (AvgIpc) is 3.60. The van der Waals surface area contributed by atoms with Crippen molar-refractivity contribution in [3.8, 4) is 0 Å². The Bertz CT molecular complexity index is 1460. The number of hydrogen-bond acceptors (Lipinski definition) is 6. The van der Waals surface area contributed by atoms with Crippen LogP contribution in [0, 0.1) is 11.6 Å². The summed E-state index contributed by atoms with van der Waals surface area (Å²) in [5, 5.41) is 4.52. The Morgan fingerprint density at radius 3 is 2.66 bits per heavy atom. The van der Waals surface area contributed by atoms with Gasteiger partial charge in [-0.1, -0.05) is 11.3 Å². The molecule has 0 spiro atoms. The van der Waals surface area contributed by atoms with Crippen LogP contribution in [0.15, 0.2) is 65.8 Å². The predicted molar refractivity (Wildman–Crippen MR) is 127 cm³/mol. The molecule has 1 fully saturated rings. The quantitative estimate of drug-likeness (QED) is 0.373. The molecule has 1 saturated heterocycles. The highest BCUT2D eigenvalue weighted by Gasteiger charge is 2.42. The minimum absolute atomic E-state index is 0.0721. The fourth-order valence-electron chi connectivity index (χ4n) is 4.13. The number of nitrogens with zero attached hydrogens (tertiary/aromatic N) is 5. The zero-order valence-corrected chi connectivity index (χ0v) is 20.1. The minimum atomic E-state index is -4.02. The Kier molecular flexibility index (Phi) is 6.34. The standard InChI is InChI=1S/C23H21F2N5O3S2/c24-16-4-7-18(8-5-16)35(32,33)30-12-1-3-20(30)22(31)29(14-13-28-11-2-10-26-28)23-27-19-9-6-17(25)15-21(19)34-23/h2,4-11,15,20H,1,3,12-14H2. The number of fused-ring (bicyclic) bond motifs is 1. The molecule has 0 bridgehead atoms. The molecular weight excluding hydrogens is 496 g/mol. The molecule has 5 rings (SSSR count). The van der Waals surface area contributed by atoms with Gasteiger partial charge in [-0.15, -0.1) is 0 Å². The maximum Gasteiger partial charge on any atom is 0.247 e. The molecule has 4 aromatic rings. The van der Waals surface area contributed by atoms with Gasteiger partial charge in [0.1, 0.15) is 17.7 Å². The van der Waals surface area contributed by atoms with Gasteiger partial charge in [0.25, 0.3) is 0 Å². The molecule has 1 unspecified atom stereocenters. The number of carbonyl (C=O) groups is 1. The lowest BCUT2D eigenvalue weighted by atomic mass is 10.2. The number of aromatic nitrogens is 3. The van der Waals surface area contributed by atoms with Crippen molar-refractivity contribution in [2.45, 2.75) is 30.3 Å². The Morgan fingerprint density at radius 1 is 1.14 bits per heavy atom. The molecule has 2 aromatic heterocycles. The molecule has 8 nitrogen and oxygen atoms in total. The molecule has 1 aliphatic heterocycles. The van der Waals surface area contributed by atoms with Gasteiger partial charge in [0.2, 0.25) is 15.9 Å². The third-order valence-corrected chi connectivity index (χ3v) is 8.82. The van der Waals surface area contributed by atoms with Crippen molar-refractivity contribution < 1.29 is 22.0 Å². The van der Waals surface area contributed by atoms with Gasteiger partial charge in [0.15, 0.2) is 5.13 Å². The molecule has 182 valence electrons. The first-order valence-corrected chi connectivity index (χ1v) is 13.2. The molecular formula is C23H21F2N5O3S2. The first-order valence-electron chi connectivity index (χ1n) is 11.0. The summed E-state index contributed by atoms with van der Waals surface area (Å²) in [6.45, 7) is 0.735. The van der Waals surface area contributed by atoms with Crippen molar-refractivity contribution in [3.05, 3.63) is 72.6 Å². The zero-order valence-electron chi connectivity index (χ0n) is 18.4. The van der Waals surface area contributed by atoms with E-state index in [2.05, 4.69) is 10.1 Å². The minimum Gasteiger partial charge on any atom is -0.285 e. The smallest absolute Gasteiger partial charge is 0.247 e. The predicted octanol–water partition coefficient (Wildman–Crippen LogP) is 3.66. The van der Waals surface area contributed by atoms with Crippen molar-refractivity contribution in [1.29, 1.82) is 0 Å². The van der Waals surface area contributed by atoms with E-state index < -0.39 is 33.6 Å². The van der Waals surface area contributed by atoms with Crippen molar-refractivity contribution in [2.24, 2.45) is 0 Å². The normalized spacial score (nSPS) is 16.7. The summed E-state index contributed by atoms with van der Waals surface area (Å²) in [5.74, 6) is -1.37. The van der Waals surface area contributed by atoms with Crippen LogP contribution in [0.1, 0.15) is 12.8 Å². The number of hydrogen-bond donors (Lipinski definition) is 0. The van der Waals surface area contributed by atoms with Crippen molar-refractivity contribution in [2.75, 3.05) is 18.0 Å². The second kappa shape index (κ2) is 9.44. The van der Waals surface area contributed by atoms with E-state index in [1.807, 2.05) is 0 Å². The molecule has 2 aromatic carbocycles. The van der Waals surface area contributed by atoms with E-state index in [0.29, 0.717) is 34.7 Å². The van der Waals surface area contributed by atoms with E-state index in [4.69, 9.17) is 0 Å². The molecule has 35 heavy (non-hydrogen) atoms. The van der Waals surface area contributed by atoms with Crippen LogP contribution in [0.3, 0.4) is 0 Å². The van der Waals surface area contributed by atoms with Crippen molar-refractivity contribution >= 4 is 42.6 Å². The van der Waals surface area contributed by atoms with Crippen LogP contribution < -0.4 is 4.90 Å². The fourth-order valence-corrected chi connectivity index (χ4v) is 6.81. The number of halogens is 2. The van der Waals surface area contributed by atoms with E-state index in [0.717, 1.165) is 12.1 Å². The second-order valence-corrected chi connectivity index (χ2v) is 11.0. The molecule has 0 N–H and O–H groups in total. The lowest BCUT2D eigenvalue weighted by molar-refractivity contribution is -0.121. The van der Waals surface area contributed by atoms with Gasteiger partial charge in [-0.25, -0.2) is 22.2 Å². The summed E-state index contributed by atoms with van der Waals surface area (Å²) >= 11 is 1.17. The largest absolute Gasteiger partial charge is 0.285 e. The lowest BCUT2D eigenvalue weighted by Crippen LogP contribution is -2.48. The summed E-state index contributed by atoms with van der Waals surface area (Å²) < 4.78 is 57.1. The number of amides is 1. The maximum absolute atomic E-state index is 13.8. The van der Waals surface area contributed by atoms with Crippen molar-refractivity contribution in [1.82, 2.24) is 19.1 Å². The van der Waals surface area contributed by atoms with Crippen molar-refractivity contribution in [3.63, 3.8) is 0 Å². The van der Waals surface area contributed by atoms with E-state index in [9.17, 15) is 22.0 Å². The summed E-state index contributed by atoms with van der Waals surface area (Å²) in [6.07, 6.45) is 4.24. The van der Waals surface area contributed by atoms with Crippen LogP contribution in [0.25, 0.3) is 10.2 Å². The number of rotatable bonds is 7. The number of sulfonamides is 1. The first kappa shape index (κ1) is 23.5. The summed E-state index contributed by atoms with van der Waals surface area (Å²) in [6, 6.07) is 9.58. The van der Waals surface area contributed by atoms with Gasteiger partial charge >= 0.3 is 0 Å². The molecule has 0 radical (unpaired) electrons. The maximum atomic E-state index is 13.8. The highest BCUT2D eigenvalue weighted by atomic mass is 32.2. The number of anilines is 1. The summed E-state index contributed by atoms with van der Waals surface area (Å²) in [4.78, 5) is 19.7. The first-order chi connectivity index (χ1) is 16.8. The van der Waals surface area contributed by atoms with E-state index >= 15 is 0 Å². The second-order valence-electron chi connectivity index (χ2n) is 8.10. The highest BCUT2D eigenvalue weighted by molar-refractivity contribution is 7.89. The molecule has 1 atom stereocenters. The van der Waals surface area contributed by atoms with E-state index in [-0.39, 0.29) is 18.0 Å². The number of benzene rings is 2. The lowest BCUT2D eigenvalue weighted by Gasteiger charge is -2.28. The van der Waals surface area contributed by atoms with Crippen LogP contribution in [0.4, 0.5) is 13.9 Å². The molecule has 1 amide bonds. The highest BCUT2D eigenvalue weighted by Crippen LogP contribution is 2.33. The van der Waals surface area contributed by atoms with Gasteiger partial charge < -0.3 is 0 Å². The molecule has 0 aliphatic carbocycles.